The Balaban J connectivity index is 1.94. The number of aromatic nitrogens is 1. The topological polar surface area (TPSA) is 38.1 Å². The summed E-state index contributed by atoms with van der Waals surface area (Å²) in [7, 11) is 0. The van der Waals surface area contributed by atoms with E-state index in [-0.39, 0.29) is 5.54 Å². The van der Waals surface area contributed by atoms with E-state index in [1.165, 1.54) is 0 Å². The molecular formula is C16H28N2O. The maximum atomic E-state index is 5.94. The lowest BCUT2D eigenvalue weighted by Gasteiger charge is -2.19. The van der Waals surface area contributed by atoms with Crippen molar-refractivity contribution < 1.29 is 4.42 Å². The number of nitrogens with one attached hydrogen (secondary N) is 1. The van der Waals surface area contributed by atoms with E-state index in [1.54, 1.807) is 0 Å². The van der Waals surface area contributed by atoms with Crippen molar-refractivity contribution in [3.63, 3.8) is 0 Å². The van der Waals surface area contributed by atoms with Crippen LogP contribution in [0.1, 0.15) is 66.0 Å². The van der Waals surface area contributed by atoms with Gasteiger partial charge in [-0.3, -0.25) is 0 Å². The summed E-state index contributed by atoms with van der Waals surface area (Å²) in [5, 5.41) is 3.46. The van der Waals surface area contributed by atoms with E-state index in [2.05, 4.69) is 58.8 Å². The number of hydrogen-bond donors (Lipinski definition) is 1. The molecule has 1 N–H and O–H groups in total. The normalized spacial score (nSPS) is 21.6. The molecule has 0 spiro atoms. The van der Waals surface area contributed by atoms with Crippen molar-refractivity contribution >= 4 is 0 Å². The fourth-order valence-corrected chi connectivity index (χ4v) is 3.03. The highest BCUT2D eigenvalue weighted by Gasteiger charge is 2.66. The van der Waals surface area contributed by atoms with Gasteiger partial charge in [0.2, 0.25) is 0 Å². The van der Waals surface area contributed by atoms with Crippen LogP contribution in [0.15, 0.2) is 10.6 Å². The minimum absolute atomic E-state index is 0.149. The Kier molecular flexibility index (Phi) is 3.33. The van der Waals surface area contributed by atoms with Crippen LogP contribution in [0, 0.1) is 10.8 Å². The van der Waals surface area contributed by atoms with Gasteiger partial charge in [-0.2, -0.15) is 0 Å². The van der Waals surface area contributed by atoms with Crippen molar-refractivity contribution in [2.24, 2.45) is 10.8 Å². The second kappa shape index (κ2) is 4.34. The van der Waals surface area contributed by atoms with Crippen molar-refractivity contribution in [1.29, 1.82) is 0 Å². The molecule has 1 aliphatic carbocycles. The summed E-state index contributed by atoms with van der Waals surface area (Å²) < 4.78 is 5.94. The minimum atomic E-state index is 0.149. The average molecular weight is 264 g/mol. The second-order valence-electron chi connectivity index (χ2n) is 7.96. The zero-order valence-corrected chi connectivity index (χ0v) is 13.4. The highest BCUT2D eigenvalue weighted by Crippen LogP contribution is 2.73. The third-order valence-electron chi connectivity index (χ3n) is 4.87. The van der Waals surface area contributed by atoms with Crippen molar-refractivity contribution in [2.45, 2.75) is 66.3 Å². The lowest BCUT2D eigenvalue weighted by molar-refractivity contribution is 0.397. The predicted octanol–water partition coefficient (Wildman–Crippen LogP) is 3.75. The Morgan fingerprint density at radius 1 is 1.21 bits per heavy atom. The highest BCUT2D eigenvalue weighted by molar-refractivity contribution is 5.27. The predicted molar refractivity (Wildman–Crippen MR) is 78.3 cm³/mol. The van der Waals surface area contributed by atoms with Crippen molar-refractivity contribution in [2.75, 3.05) is 6.54 Å². The third-order valence-corrected chi connectivity index (χ3v) is 4.87. The molecule has 1 aromatic heterocycles. The molecule has 0 unspecified atom stereocenters. The second-order valence-corrected chi connectivity index (χ2v) is 7.96. The largest absolute Gasteiger partial charge is 0.445 e. The molecule has 1 aliphatic rings. The van der Waals surface area contributed by atoms with E-state index in [0.29, 0.717) is 16.7 Å². The monoisotopic (exact) mass is 264 g/mol. The smallest absolute Gasteiger partial charge is 0.195 e. The van der Waals surface area contributed by atoms with Gasteiger partial charge < -0.3 is 9.73 Å². The maximum absolute atomic E-state index is 5.94. The minimum Gasteiger partial charge on any atom is -0.445 e. The van der Waals surface area contributed by atoms with Crippen molar-refractivity contribution in [1.82, 2.24) is 10.3 Å². The quantitative estimate of drug-likeness (QED) is 0.900. The number of oxazole rings is 1. The molecule has 2 rings (SSSR count). The fraction of sp³-hybridized carbons (Fsp3) is 0.812. The summed E-state index contributed by atoms with van der Waals surface area (Å²) in [6.07, 6.45) is 2.78. The van der Waals surface area contributed by atoms with Crippen LogP contribution in [-0.2, 0) is 6.42 Å². The van der Waals surface area contributed by atoms with Crippen LogP contribution >= 0.6 is 0 Å². The van der Waals surface area contributed by atoms with Gasteiger partial charge in [-0.25, -0.2) is 4.98 Å². The van der Waals surface area contributed by atoms with Crippen LogP contribution in [0.5, 0.6) is 0 Å². The molecule has 0 bridgehead atoms. The van der Waals surface area contributed by atoms with Crippen LogP contribution in [-0.4, -0.2) is 17.1 Å². The van der Waals surface area contributed by atoms with Crippen molar-refractivity contribution in [3.8, 4) is 0 Å². The van der Waals surface area contributed by atoms with Crippen LogP contribution in [0.25, 0.3) is 0 Å². The summed E-state index contributed by atoms with van der Waals surface area (Å²) in [4.78, 5) is 4.42. The summed E-state index contributed by atoms with van der Waals surface area (Å²) in [5.41, 5.74) is 0.775. The van der Waals surface area contributed by atoms with E-state index < -0.39 is 0 Å². The molecule has 1 heterocycles. The van der Waals surface area contributed by atoms with Crippen LogP contribution in [0.3, 0.4) is 0 Å². The molecule has 1 aromatic rings. The molecule has 0 amide bonds. The Hall–Kier alpha value is -0.830. The zero-order valence-electron chi connectivity index (χ0n) is 13.4. The van der Waals surface area contributed by atoms with Crippen LogP contribution < -0.4 is 5.32 Å². The van der Waals surface area contributed by atoms with E-state index in [0.717, 1.165) is 24.6 Å². The van der Waals surface area contributed by atoms with Gasteiger partial charge in [0.25, 0.3) is 0 Å². The summed E-state index contributed by atoms with van der Waals surface area (Å²) in [5.74, 6) is 2.41. The molecular weight excluding hydrogens is 236 g/mol. The van der Waals surface area contributed by atoms with Gasteiger partial charge >= 0.3 is 0 Å². The molecule has 1 saturated carbocycles. The number of nitrogens with zero attached hydrogens (tertiary/aromatic N) is 1. The Morgan fingerprint density at radius 3 is 2.26 bits per heavy atom. The van der Waals surface area contributed by atoms with E-state index in [9.17, 15) is 0 Å². The first-order chi connectivity index (χ1) is 8.56. The van der Waals surface area contributed by atoms with Crippen LogP contribution in [0.2, 0.25) is 0 Å². The molecule has 0 radical (unpaired) electrons. The Bertz CT molecular complexity index is 438. The molecule has 1 fully saturated rings. The summed E-state index contributed by atoms with van der Waals surface area (Å²) in [6.45, 7) is 16.6. The molecule has 0 atom stereocenters. The molecule has 0 aliphatic heterocycles. The SMILES string of the molecule is CC(C)(C)NCCc1ncc(C2C(C)(C)C2(C)C)o1. The lowest BCUT2D eigenvalue weighted by Crippen LogP contribution is -2.37. The summed E-state index contributed by atoms with van der Waals surface area (Å²) >= 11 is 0. The first kappa shape index (κ1) is 14.6. The first-order valence-corrected chi connectivity index (χ1v) is 7.25. The first-order valence-electron chi connectivity index (χ1n) is 7.25. The van der Waals surface area contributed by atoms with Crippen LogP contribution in [0.4, 0.5) is 0 Å². The van der Waals surface area contributed by atoms with Gasteiger partial charge in [0.15, 0.2) is 5.89 Å². The number of rotatable bonds is 4. The molecule has 108 valence electrons. The van der Waals surface area contributed by atoms with E-state index >= 15 is 0 Å². The Labute approximate surface area is 117 Å². The third kappa shape index (κ3) is 2.71. The van der Waals surface area contributed by atoms with Gasteiger partial charge in [-0.05, 0) is 31.6 Å². The standard InChI is InChI=1S/C16H28N2O/c1-14(2,3)18-9-8-12-17-10-11(19-12)13-15(4,5)16(13,6)7/h10,13,18H,8-9H2,1-7H3. The van der Waals surface area contributed by atoms with Gasteiger partial charge in [0, 0.05) is 24.4 Å². The highest BCUT2D eigenvalue weighted by atomic mass is 16.4. The van der Waals surface area contributed by atoms with Crippen molar-refractivity contribution in [3.05, 3.63) is 17.8 Å². The molecule has 0 aromatic carbocycles. The summed E-state index contributed by atoms with van der Waals surface area (Å²) in [6, 6.07) is 0. The number of hydrogen-bond acceptors (Lipinski definition) is 3. The Morgan fingerprint density at radius 2 is 1.79 bits per heavy atom. The average Bonchev–Trinajstić information content (AvgIpc) is 2.59. The van der Waals surface area contributed by atoms with Gasteiger partial charge in [0.1, 0.15) is 5.76 Å². The van der Waals surface area contributed by atoms with E-state index in [1.807, 2.05) is 6.20 Å². The molecule has 3 heteroatoms. The maximum Gasteiger partial charge on any atom is 0.195 e. The van der Waals surface area contributed by atoms with E-state index in [4.69, 9.17) is 4.42 Å². The van der Waals surface area contributed by atoms with Gasteiger partial charge in [0.05, 0.1) is 6.20 Å². The lowest BCUT2D eigenvalue weighted by atomic mass is 10.0. The zero-order chi connectivity index (χ0) is 14.5. The molecule has 0 saturated heterocycles. The van der Waals surface area contributed by atoms with Gasteiger partial charge in [-0.1, -0.05) is 27.7 Å². The molecule has 3 nitrogen and oxygen atoms in total. The van der Waals surface area contributed by atoms with Gasteiger partial charge in [-0.15, -0.1) is 0 Å². The molecule has 19 heavy (non-hydrogen) atoms. The fourth-order valence-electron chi connectivity index (χ4n) is 3.03.